The van der Waals surface area contributed by atoms with E-state index < -0.39 is 5.91 Å². The van der Waals surface area contributed by atoms with Crippen molar-refractivity contribution < 1.29 is 14.4 Å². The van der Waals surface area contributed by atoms with Gasteiger partial charge >= 0.3 is 0 Å². The molecule has 0 atom stereocenters. The maximum Gasteiger partial charge on any atom is 0.250 e. The summed E-state index contributed by atoms with van der Waals surface area (Å²) in [6, 6.07) is 4.49. The fourth-order valence-corrected chi connectivity index (χ4v) is 1.33. The van der Waals surface area contributed by atoms with Gasteiger partial charge in [0.25, 0.3) is 5.91 Å². The van der Waals surface area contributed by atoms with E-state index in [1.807, 2.05) is 0 Å². The number of anilines is 2. The Bertz CT molecular complexity index is 483. The molecule has 0 heterocycles. The molecule has 0 aliphatic rings. The van der Waals surface area contributed by atoms with Gasteiger partial charge in [-0.2, -0.15) is 0 Å². The summed E-state index contributed by atoms with van der Waals surface area (Å²) in [5.74, 6) is -1.24. The van der Waals surface area contributed by atoms with Crippen LogP contribution >= 0.6 is 0 Å². The number of hydrogen-bond donors (Lipinski definition) is 3. The Morgan fingerprint density at radius 2 is 1.65 bits per heavy atom. The first-order valence-corrected chi connectivity index (χ1v) is 4.89. The zero-order chi connectivity index (χ0) is 13.0. The van der Waals surface area contributed by atoms with E-state index in [0.29, 0.717) is 11.4 Å². The van der Waals surface area contributed by atoms with Crippen molar-refractivity contribution in [3.8, 4) is 0 Å². The fraction of sp³-hybridized carbons (Fsp3) is 0.182. The maximum atomic E-state index is 11.2. The first-order chi connectivity index (χ1) is 7.90. The number of hydrogen-bond acceptors (Lipinski definition) is 3. The Morgan fingerprint density at radius 1 is 1.06 bits per heavy atom. The Kier molecular flexibility index (Phi) is 3.82. The number of primary amides is 1. The van der Waals surface area contributed by atoms with Crippen molar-refractivity contribution in [2.45, 2.75) is 13.8 Å². The lowest BCUT2D eigenvalue weighted by Crippen LogP contribution is -2.17. The van der Waals surface area contributed by atoms with E-state index in [9.17, 15) is 14.4 Å². The first-order valence-electron chi connectivity index (χ1n) is 4.89. The van der Waals surface area contributed by atoms with Crippen LogP contribution < -0.4 is 16.4 Å². The molecule has 0 saturated carbocycles. The number of nitrogens with two attached hydrogens (primary N) is 1. The number of rotatable bonds is 3. The largest absolute Gasteiger partial charge is 0.366 e. The third-order valence-electron chi connectivity index (χ3n) is 1.92. The topological polar surface area (TPSA) is 101 Å². The highest BCUT2D eigenvalue weighted by atomic mass is 16.2. The maximum absolute atomic E-state index is 11.2. The molecule has 0 bridgehead atoms. The van der Waals surface area contributed by atoms with Gasteiger partial charge in [0, 0.05) is 19.5 Å². The average molecular weight is 235 g/mol. The van der Waals surface area contributed by atoms with Gasteiger partial charge in [0.1, 0.15) is 0 Å². The molecule has 0 aliphatic heterocycles. The van der Waals surface area contributed by atoms with Crippen molar-refractivity contribution >= 4 is 29.1 Å². The Morgan fingerprint density at radius 3 is 2.12 bits per heavy atom. The van der Waals surface area contributed by atoms with Gasteiger partial charge in [-0.15, -0.1) is 0 Å². The zero-order valence-corrected chi connectivity index (χ0v) is 9.53. The van der Waals surface area contributed by atoms with E-state index in [0.717, 1.165) is 0 Å². The van der Waals surface area contributed by atoms with E-state index in [2.05, 4.69) is 10.6 Å². The predicted octanol–water partition coefficient (Wildman–Crippen LogP) is 0.702. The van der Waals surface area contributed by atoms with Crippen LogP contribution in [0.15, 0.2) is 18.2 Å². The van der Waals surface area contributed by atoms with Gasteiger partial charge in [0.15, 0.2) is 0 Å². The fourth-order valence-electron chi connectivity index (χ4n) is 1.33. The van der Waals surface area contributed by atoms with E-state index in [1.165, 1.54) is 26.0 Å². The molecule has 4 N–H and O–H groups in total. The van der Waals surface area contributed by atoms with Gasteiger partial charge in [0.05, 0.1) is 11.3 Å². The number of carbonyl (C=O) groups is 3. The highest BCUT2D eigenvalue weighted by molar-refractivity contribution is 6.04. The third-order valence-corrected chi connectivity index (χ3v) is 1.92. The highest BCUT2D eigenvalue weighted by Gasteiger charge is 2.10. The number of nitrogens with one attached hydrogen (secondary N) is 2. The van der Waals surface area contributed by atoms with Crippen LogP contribution in [-0.2, 0) is 9.59 Å². The summed E-state index contributed by atoms with van der Waals surface area (Å²) in [6.07, 6.45) is 0. The second kappa shape index (κ2) is 5.11. The molecule has 0 saturated heterocycles. The van der Waals surface area contributed by atoms with Crippen LogP contribution in [0.2, 0.25) is 0 Å². The molecule has 3 amide bonds. The summed E-state index contributed by atoms with van der Waals surface area (Å²) < 4.78 is 0. The second-order valence-electron chi connectivity index (χ2n) is 3.49. The Balaban J connectivity index is 3.12. The van der Waals surface area contributed by atoms with Crippen LogP contribution in [0.4, 0.5) is 11.4 Å². The molecule has 0 spiro atoms. The van der Waals surface area contributed by atoms with Gasteiger partial charge in [-0.25, -0.2) is 0 Å². The van der Waals surface area contributed by atoms with Crippen LogP contribution in [-0.4, -0.2) is 17.7 Å². The lowest BCUT2D eigenvalue weighted by molar-refractivity contribution is -0.115. The van der Waals surface area contributed by atoms with Gasteiger partial charge < -0.3 is 16.4 Å². The quantitative estimate of drug-likeness (QED) is 0.718. The number of carbonyl (C=O) groups excluding carboxylic acids is 3. The standard InChI is InChI=1S/C11H13N3O3/c1-6(15)13-8-3-4-10(14-7(2)16)9(5-8)11(12)17/h3-5H,1-2H3,(H2,12,17)(H,13,15)(H,14,16). The molecule has 0 radical (unpaired) electrons. The van der Waals surface area contributed by atoms with Crippen molar-refractivity contribution in [3.63, 3.8) is 0 Å². The average Bonchev–Trinajstić information content (AvgIpc) is 2.18. The molecule has 0 aromatic heterocycles. The highest BCUT2D eigenvalue weighted by Crippen LogP contribution is 2.20. The van der Waals surface area contributed by atoms with Crippen LogP contribution in [0.3, 0.4) is 0 Å². The molecule has 17 heavy (non-hydrogen) atoms. The Labute approximate surface area is 98.2 Å². The van der Waals surface area contributed by atoms with E-state index in [-0.39, 0.29) is 17.4 Å². The van der Waals surface area contributed by atoms with E-state index in [1.54, 1.807) is 6.07 Å². The molecular formula is C11H13N3O3. The summed E-state index contributed by atoms with van der Waals surface area (Å²) in [4.78, 5) is 33.0. The zero-order valence-electron chi connectivity index (χ0n) is 9.53. The normalized spacial score (nSPS) is 9.53. The first kappa shape index (κ1) is 12.7. The summed E-state index contributed by atoms with van der Waals surface area (Å²) in [5.41, 5.74) is 6.10. The van der Waals surface area contributed by atoms with Crippen LogP contribution in [0.1, 0.15) is 24.2 Å². The van der Waals surface area contributed by atoms with Gasteiger partial charge in [-0.3, -0.25) is 14.4 Å². The van der Waals surface area contributed by atoms with Crippen molar-refractivity contribution in [1.82, 2.24) is 0 Å². The van der Waals surface area contributed by atoms with Crippen LogP contribution in [0.25, 0.3) is 0 Å². The molecule has 0 fully saturated rings. The van der Waals surface area contributed by atoms with Crippen LogP contribution in [0, 0.1) is 0 Å². The monoisotopic (exact) mass is 235 g/mol. The minimum absolute atomic E-state index is 0.145. The molecule has 6 nitrogen and oxygen atoms in total. The molecule has 1 aromatic carbocycles. The van der Waals surface area contributed by atoms with Gasteiger partial charge in [0.2, 0.25) is 11.8 Å². The lowest BCUT2D eigenvalue weighted by Gasteiger charge is -2.09. The molecule has 0 unspecified atom stereocenters. The lowest BCUT2D eigenvalue weighted by atomic mass is 10.1. The summed E-state index contributed by atoms with van der Waals surface area (Å²) in [7, 11) is 0. The summed E-state index contributed by atoms with van der Waals surface area (Å²) in [6.45, 7) is 2.68. The molecule has 90 valence electrons. The SMILES string of the molecule is CC(=O)Nc1ccc(NC(C)=O)c(C(N)=O)c1. The van der Waals surface area contributed by atoms with Gasteiger partial charge in [-0.05, 0) is 18.2 Å². The van der Waals surface area contributed by atoms with E-state index in [4.69, 9.17) is 5.73 Å². The molecule has 0 aliphatic carbocycles. The summed E-state index contributed by atoms with van der Waals surface area (Å²) >= 11 is 0. The van der Waals surface area contributed by atoms with Crippen molar-refractivity contribution in [1.29, 1.82) is 0 Å². The smallest absolute Gasteiger partial charge is 0.250 e. The Hall–Kier alpha value is -2.37. The minimum Gasteiger partial charge on any atom is -0.366 e. The molecule has 6 heteroatoms. The van der Waals surface area contributed by atoms with Crippen molar-refractivity contribution in [2.75, 3.05) is 10.6 Å². The van der Waals surface area contributed by atoms with Crippen molar-refractivity contribution in [3.05, 3.63) is 23.8 Å². The number of benzene rings is 1. The van der Waals surface area contributed by atoms with Crippen LogP contribution in [0.5, 0.6) is 0 Å². The molecular weight excluding hydrogens is 222 g/mol. The minimum atomic E-state index is -0.680. The third kappa shape index (κ3) is 3.60. The predicted molar refractivity (Wildman–Crippen MR) is 63.6 cm³/mol. The van der Waals surface area contributed by atoms with Gasteiger partial charge in [-0.1, -0.05) is 0 Å². The van der Waals surface area contributed by atoms with Crippen molar-refractivity contribution in [2.24, 2.45) is 5.73 Å². The molecule has 1 aromatic rings. The summed E-state index contributed by atoms with van der Waals surface area (Å²) in [5, 5.41) is 5.00. The molecule has 1 rings (SSSR count). The number of amides is 3. The second-order valence-corrected chi connectivity index (χ2v) is 3.49. The van der Waals surface area contributed by atoms with E-state index >= 15 is 0 Å².